The van der Waals surface area contributed by atoms with Gasteiger partial charge < -0.3 is 20.3 Å². The molecule has 1 aliphatic rings. The molecule has 2 unspecified atom stereocenters. The Labute approximate surface area is 80.9 Å². The van der Waals surface area contributed by atoms with E-state index in [2.05, 4.69) is 5.32 Å². The third-order valence-electron chi connectivity index (χ3n) is 1.97. The number of carbonyl (C=O) groups is 2. The molecule has 1 fully saturated rings. The van der Waals surface area contributed by atoms with Crippen LogP contribution in [0.2, 0.25) is 0 Å². The first-order valence-electron chi connectivity index (χ1n) is 4.37. The molecule has 1 aliphatic heterocycles. The minimum absolute atomic E-state index is 0.380. The first kappa shape index (κ1) is 11.1. The molecule has 0 radical (unpaired) electrons. The van der Waals surface area contributed by atoms with Gasteiger partial charge in [-0.05, 0) is 0 Å². The van der Waals surface area contributed by atoms with E-state index in [1.807, 2.05) is 0 Å². The number of carboxylic acid groups (broad SMARTS) is 1. The smallest absolute Gasteiger partial charge is 0.332 e. The summed E-state index contributed by atoms with van der Waals surface area (Å²) < 4.78 is 5.10. The summed E-state index contributed by atoms with van der Waals surface area (Å²) in [6.45, 7) is 1.50. The van der Waals surface area contributed by atoms with E-state index >= 15 is 0 Å². The van der Waals surface area contributed by atoms with Gasteiger partial charge in [0.25, 0.3) is 0 Å². The average Bonchev–Trinajstić information content (AvgIpc) is 2.19. The van der Waals surface area contributed by atoms with Crippen molar-refractivity contribution in [3.63, 3.8) is 0 Å². The number of hydrogen-bond acceptors (Lipinski definition) is 5. The molecular formula is C8H13NO5. The third kappa shape index (κ3) is 3.06. The zero-order valence-corrected chi connectivity index (χ0v) is 7.60. The van der Waals surface area contributed by atoms with Crippen LogP contribution in [0.1, 0.15) is 6.42 Å². The zero-order valence-electron chi connectivity index (χ0n) is 7.60. The van der Waals surface area contributed by atoms with Gasteiger partial charge in [0.2, 0.25) is 0 Å². The van der Waals surface area contributed by atoms with Gasteiger partial charge >= 0.3 is 5.97 Å². The van der Waals surface area contributed by atoms with Gasteiger partial charge in [-0.2, -0.15) is 0 Å². The molecule has 0 aromatic heterocycles. The van der Waals surface area contributed by atoms with Gasteiger partial charge in [0, 0.05) is 19.5 Å². The van der Waals surface area contributed by atoms with Crippen molar-refractivity contribution in [2.45, 2.75) is 18.6 Å². The van der Waals surface area contributed by atoms with E-state index in [4.69, 9.17) is 14.9 Å². The predicted molar refractivity (Wildman–Crippen MR) is 45.9 cm³/mol. The quantitative estimate of drug-likeness (QED) is 0.508. The van der Waals surface area contributed by atoms with Crippen LogP contribution in [-0.4, -0.2) is 53.9 Å². The third-order valence-corrected chi connectivity index (χ3v) is 1.97. The standard InChI is InChI=1S/C8H13NO5/c10-5(3-6(11)8(12)13)7-4-9-1-2-14-7/h6-7,9,11H,1-4H2,(H,12,13). The zero-order chi connectivity index (χ0) is 10.6. The molecular weight excluding hydrogens is 190 g/mol. The first-order valence-corrected chi connectivity index (χ1v) is 4.37. The summed E-state index contributed by atoms with van der Waals surface area (Å²) in [7, 11) is 0. The summed E-state index contributed by atoms with van der Waals surface area (Å²) in [6.07, 6.45) is -2.66. The second-order valence-electron chi connectivity index (χ2n) is 3.09. The van der Waals surface area contributed by atoms with Gasteiger partial charge in [0.15, 0.2) is 11.9 Å². The molecule has 6 heteroatoms. The van der Waals surface area contributed by atoms with Crippen LogP contribution in [-0.2, 0) is 14.3 Å². The van der Waals surface area contributed by atoms with Crippen molar-refractivity contribution in [1.82, 2.24) is 5.32 Å². The van der Waals surface area contributed by atoms with Crippen molar-refractivity contribution in [3.05, 3.63) is 0 Å². The van der Waals surface area contributed by atoms with Crippen molar-refractivity contribution in [2.24, 2.45) is 0 Å². The summed E-state index contributed by atoms with van der Waals surface area (Å²) in [6, 6.07) is 0. The van der Waals surface area contributed by atoms with E-state index in [9.17, 15) is 9.59 Å². The van der Waals surface area contributed by atoms with Gasteiger partial charge in [-0.1, -0.05) is 0 Å². The number of rotatable bonds is 4. The fraction of sp³-hybridized carbons (Fsp3) is 0.750. The number of aliphatic hydroxyl groups excluding tert-OH is 1. The molecule has 80 valence electrons. The minimum Gasteiger partial charge on any atom is -0.479 e. The lowest BCUT2D eigenvalue weighted by Gasteiger charge is -2.22. The first-order chi connectivity index (χ1) is 6.61. The fourth-order valence-electron chi connectivity index (χ4n) is 1.18. The molecule has 0 bridgehead atoms. The molecule has 1 rings (SSSR count). The van der Waals surface area contributed by atoms with Crippen LogP contribution in [0.5, 0.6) is 0 Å². The molecule has 1 saturated heterocycles. The molecule has 0 aromatic carbocycles. The van der Waals surface area contributed by atoms with Crippen molar-refractivity contribution in [1.29, 1.82) is 0 Å². The molecule has 0 aliphatic carbocycles. The lowest BCUT2D eigenvalue weighted by Crippen LogP contribution is -2.44. The number of ether oxygens (including phenoxy) is 1. The Hall–Kier alpha value is -0.980. The van der Waals surface area contributed by atoms with E-state index in [0.29, 0.717) is 19.7 Å². The number of ketones is 1. The maximum atomic E-state index is 11.3. The summed E-state index contributed by atoms with van der Waals surface area (Å²) in [5.74, 6) is -1.77. The van der Waals surface area contributed by atoms with E-state index in [0.717, 1.165) is 0 Å². The number of aliphatic hydroxyl groups is 1. The molecule has 3 N–H and O–H groups in total. The highest BCUT2D eigenvalue weighted by molar-refractivity contribution is 5.88. The van der Waals surface area contributed by atoms with Crippen LogP contribution in [0.15, 0.2) is 0 Å². The van der Waals surface area contributed by atoms with Crippen LogP contribution >= 0.6 is 0 Å². The number of carboxylic acids is 1. The van der Waals surface area contributed by atoms with Crippen molar-refractivity contribution in [3.8, 4) is 0 Å². The van der Waals surface area contributed by atoms with Crippen LogP contribution in [0.3, 0.4) is 0 Å². The van der Waals surface area contributed by atoms with E-state index in [1.165, 1.54) is 0 Å². The van der Waals surface area contributed by atoms with Gasteiger partial charge in [-0.15, -0.1) is 0 Å². The largest absolute Gasteiger partial charge is 0.479 e. The number of aliphatic carboxylic acids is 1. The molecule has 0 saturated carbocycles. The number of Topliss-reactive ketones (excluding diaryl/α,β-unsaturated/α-hetero) is 1. The molecule has 0 spiro atoms. The topological polar surface area (TPSA) is 95.9 Å². The Morgan fingerprint density at radius 2 is 2.29 bits per heavy atom. The molecule has 0 amide bonds. The van der Waals surface area contributed by atoms with Crippen LogP contribution in [0.25, 0.3) is 0 Å². The second kappa shape index (κ2) is 5.04. The molecule has 14 heavy (non-hydrogen) atoms. The molecule has 2 atom stereocenters. The average molecular weight is 203 g/mol. The van der Waals surface area contributed by atoms with Gasteiger partial charge in [0.05, 0.1) is 6.61 Å². The van der Waals surface area contributed by atoms with Gasteiger partial charge in [0.1, 0.15) is 6.10 Å². The normalized spacial score (nSPS) is 24.2. The maximum Gasteiger partial charge on any atom is 0.332 e. The van der Waals surface area contributed by atoms with Crippen LogP contribution in [0.4, 0.5) is 0 Å². The maximum absolute atomic E-state index is 11.3. The summed E-state index contributed by atoms with van der Waals surface area (Å²) in [5, 5.41) is 20.2. The van der Waals surface area contributed by atoms with Crippen LogP contribution in [0, 0.1) is 0 Å². The van der Waals surface area contributed by atoms with E-state index in [1.54, 1.807) is 0 Å². The molecule has 6 nitrogen and oxygen atoms in total. The summed E-state index contributed by atoms with van der Waals surface area (Å²) >= 11 is 0. The highest BCUT2D eigenvalue weighted by Crippen LogP contribution is 2.03. The number of hydrogen-bond donors (Lipinski definition) is 3. The second-order valence-corrected chi connectivity index (χ2v) is 3.09. The monoisotopic (exact) mass is 203 g/mol. The summed E-state index contributed by atoms with van der Waals surface area (Å²) in [4.78, 5) is 21.6. The highest BCUT2D eigenvalue weighted by Gasteiger charge is 2.26. The fourth-order valence-corrected chi connectivity index (χ4v) is 1.18. The van der Waals surface area contributed by atoms with E-state index in [-0.39, 0.29) is 5.78 Å². The number of nitrogens with one attached hydrogen (secondary N) is 1. The highest BCUT2D eigenvalue weighted by atomic mass is 16.5. The molecule has 1 heterocycles. The Bertz CT molecular complexity index is 224. The Kier molecular flexibility index (Phi) is 3.99. The van der Waals surface area contributed by atoms with Crippen molar-refractivity contribution in [2.75, 3.05) is 19.7 Å². The van der Waals surface area contributed by atoms with Gasteiger partial charge in [-0.3, -0.25) is 4.79 Å². The minimum atomic E-state index is -1.63. The van der Waals surface area contributed by atoms with Crippen LogP contribution < -0.4 is 5.32 Å². The lowest BCUT2D eigenvalue weighted by atomic mass is 10.1. The van der Waals surface area contributed by atoms with Crippen molar-refractivity contribution >= 4 is 11.8 Å². The Morgan fingerprint density at radius 1 is 1.57 bits per heavy atom. The Balaban J connectivity index is 2.36. The van der Waals surface area contributed by atoms with E-state index < -0.39 is 24.6 Å². The lowest BCUT2D eigenvalue weighted by molar-refractivity contribution is -0.150. The predicted octanol–water partition coefficient (Wildman–Crippen LogP) is -1.62. The van der Waals surface area contributed by atoms with Crippen molar-refractivity contribution < 1.29 is 24.5 Å². The Morgan fingerprint density at radius 3 is 2.79 bits per heavy atom. The molecule has 0 aromatic rings. The summed E-state index contributed by atoms with van der Waals surface area (Å²) in [5.41, 5.74) is 0. The SMILES string of the molecule is O=C(O)C(O)CC(=O)C1CNCCO1. The number of carbonyl (C=O) groups excluding carboxylic acids is 1. The van der Waals surface area contributed by atoms with Gasteiger partial charge in [-0.25, -0.2) is 4.79 Å². The number of morpholine rings is 1.